The van der Waals surface area contributed by atoms with Crippen molar-refractivity contribution >= 4 is 29.0 Å². The van der Waals surface area contributed by atoms with Crippen molar-refractivity contribution in [2.75, 3.05) is 6.61 Å². The van der Waals surface area contributed by atoms with Gasteiger partial charge < -0.3 is 4.74 Å². The van der Waals surface area contributed by atoms with E-state index in [1.807, 2.05) is 6.08 Å². The number of rotatable bonds is 2. The molecule has 1 fully saturated rings. The molecule has 0 aromatic rings. The summed E-state index contributed by atoms with van der Waals surface area (Å²) in [5.41, 5.74) is 0. The van der Waals surface area contributed by atoms with Crippen molar-refractivity contribution in [3.63, 3.8) is 0 Å². The normalized spacial score (nSPS) is 30.6. The molecule has 0 N–H and O–H groups in total. The molecule has 11 heavy (non-hydrogen) atoms. The summed E-state index contributed by atoms with van der Waals surface area (Å²) in [6.07, 6.45) is 5.86. The van der Waals surface area contributed by atoms with E-state index in [0.29, 0.717) is 0 Å². The van der Waals surface area contributed by atoms with Crippen molar-refractivity contribution in [2.45, 2.75) is 30.7 Å². The van der Waals surface area contributed by atoms with Crippen molar-refractivity contribution in [3.05, 3.63) is 12.7 Å². The molecule has 3 heteroatoms. The van der Waals surface area contributed by atoms with E-state index in [1.54, 1.807) is 0 Å². The largest absolute Gasteiger partial charge is 0.359 e. The highest BCUT2D eigenvalue weighted by atomic mass is 35.5. The summed E-state index contributed by atoms with van der Waals surface area (Å²) >= 11 is 6.08. The zero-order valence-electron chi connectivity index (χ0n) is 6.11. The van der Waals surface area contributed by atoms with E-state index in [-0.39, 0.29) is 17.4 Å². The Bertz CT molecular complexity index is 121. The lowest BCUT2D eigenvalue weighted by Crippen LogP contribution is -2.29. The Morgan fingerprint density at radius 2 is 2.27 bits per heavy atom. The van der Waals surface area contributed by atoms with Gasteiger partial charge in [0, 0.05) is 13.0 Å². The maximum atomic E-state index is 6.08. The van der Waals surface area contributed by atoms with Crippen molar-refractivity contribution in [1.82, 2.24) is 0 Å². The summed E-state index contributed by atoms with van der Waals surface area (Å²) in [5.74, 6) is 0. The quantitative estimate of drug-likeness (QED) is 0.365. The summed E-state index contributed by atoms with van der Waals surface area (Å²) < 4.78 is 5.40. The van der Waals surface area contributed by atoms with Gasteiger partial charge in [0.05, 0.1) is 0 Å². The Hall–Kier alpha value is 0.522. The van der Waals surface area contributed by atoms with Gasteiger partial charge in [-0.1, -0.05) is 17.7 Å². The van der Waals surface area contributed by atoms with E-state index in [9.17, 15) is 0 Å². The lowest BCUT2D eigenvalue weighted by atomic mass is 10.1. The summed E-state index contributed by atoms with van der Waals surface area (Å²) in [6, 6.07) is 0. The lowest BCUT2D eigenvalue weighted by Gasteiger charge is -2.30. The molecule has 1 rings (SSSR count). The molecule has 0 amide bonds. The van der Waals surface area contributed by atoms with Crippen molar-refractivity contribution < 1.29 is 4.74 Å². The molecule has 1 atom stereocenters. The molecular formula is C8H16AlClO. The van der Waals surface area contributed by atoms with E-state index in [0.717, 1.165) is 25.9 Å². The number of alkyl halides is 1. The Morgan fingerprint density at radius 3 is 2.73 bits per heavy atom. The molecule has 1 unspecified atom stereocenters. The smallest absolute Gasteiger partial charge is 0.187 e. The molecule has 64 valence electrons. The van der Waals surface area contributed by atoms with E-state index in [2.05, 4.69) is 6.58 Å². The fourth-order valence-corrected chi connectivity index (χ4v) is 1.51. The average Bonchev–Trinajstić information content (AvgIpc) is 1.89. The zero-order valence-corrected chi connectivity index (χ0v) is 6.86. The van der Waals surface area contributed by atoms with Crippen LogP contribution in [0.2, 0.25) is 0 Å². The Kier molecular flexibility index (Phi) is 5.47. The first-order valence-electron chi connectivity index (χ1n) is 3.71. The van der Waals surface area contributed by atoms with Gasteiger partial charge in [-0.2, -0.15) is 0 Å². The van der Waals surface area contributed by atoms with Gasteiger partial charge in [-0.15, -0.1) is 6.58 Å². The second-order valence-electron chi connectivity index (χ2n) is 2.68. The molecule has 0 saturated carbocycles. The number of halogens is 1. The minimum Gasteiger partial charge on any atom is -0.359 e. The number of ether oxygens (including phenoxy) is 1. The van der Waals surface area contributed by atoms with Crippen LogP contribution < -0.4 is 0 Å². The van der Waals surface area contributed by atoms with Crippen LogP contribution in [0.25, 0.3) is 0 Å². The van der Waals surface area contributed by atoms with Gasteiger partial charge >= 0.3 is 0 Å². The maximum Gasteiger partial charge on any atom is 0.187 e. The van der Waals surface area contributed by atoms with Gasteiger partial charge in [0.2, 0.25) is 0 Å². The third kappa shape index (κ3) is 3.62. The van der Waals surface area contributed by atoms with Crippen LogP contribution in [-0.4, -0.2) is 29.0 Å². The highest BCUT2D eigenvalue weighted by Gasteiger charge is 2.28. The molecule has 1 aliphatic rings. The minimum atomic E-state index is -0.417. The average molecular weight is 191 g/mol. The highest BCUT2D eigenvalue weighted by molar-refractivity contribution is 6.23. The highest BCUT2D eigenvalue weighted by Crippen LogP contribution is 2.32. The topological polar surface area (TPSA) is 9.23 Å². The van der Waals surface area contributed by atoms with Crippen LogP contribution in [0.5, 0.6) is 0 Å². The van der Waals surface area contributed by atoms with Gasteiger partial charge in [-0.25, -0.2) is 0 Å². The first kappa shape index (κ1) is 11.5. The van der Waals surface area contributed by atoms with Crippen LogP contribution in [0.15, 0.2) is 12.7 Å². The monoisotopic (exact) mass is 190 g/mol. The van der Waals surface area contributed by atoms with Crippen molar-refractivity contribution in [1.29, 1.82) is 0 Å². The molecule has 0 aromatic heterocycles. The van der Waals surface area contributed by atoms with Crippen LogP contribution in [0.1, 0.15) is 25.7 Å². The SMILES string of the molecule is C=CCC1(Cl)CCCCO1.[AlH3]. The molecule has 0 spiro atoms. The van der Waals surface area contributed by atoms with Crippen LogP contribution in [0.3, 0.4) is 0 Å². The zero-order chi connectivity index (χ0) is 7.45. The molecule has 0 radical (unpaired) electrons. The van der Waals surface area contributed by atoms with Crippen LogP contribution >= 0.6 is 11.6 Å². The fraction of sp³-hybridized carbons (Fsp3) is 0.750. The molecule has 0 aliphatic carbocycles. The molecule has 1 nitrogen and oxygen atoms in total. The first-order valence-corrected chi connectivity index (χ1v) is 4.08. The van der Waals surface area contributed by atoms with Crippen LogP contribution in [0, 0.1) is 0 Å². The predicted octanol–water partition coefficient (Wildman–Crippen LogP) is 1.51. The van der Waals surface area contributed by atoms with Crippen molar-refractivity contribution in [3.8, 4) is 0 Å². The molecule has 1 saturated heterocycles. The van der Waals surface area contributed by atoms with Crippen LogP contribution in [-0.2, 0) is 4.74 Å². The molecular weight excluding hydrogens is 175 g/mol. The number of hydrogen-bond acceptors (Lipinski definition) is 1. The second-order valence-corrected chi connectivity index (χ2v) is 3.37. The van der Waals surface area contributed by atoms with Gasteiger partial charge in [-0.3, -0.25) is 0 Å². The second kappa shape index (κ2) is 5.22. The van der Waals surface area contributed by atoms with E-state index >= 15 is 0 Å². The Balaban J connectivity index is 0.000001000. The van der Waals surface area contributed by atoms with Crippen molar-refractivity contribution in [2.24, 2.45) is 0 Å². The maximum absolute atomic E-state index is 6.08. The van der Waals surface area contributed by atoms with Gasteiger partial charge in [0.15, 0.2) is 17.4 Å². The molecule has 0 aromatic carbocycles. The predicted molar refractivity (Wildman–Crippen MR) is 53.1 cm³/mol. The van der Waals surface area contributed by atoms with E-state index in [1.165, 1.54) is 6.42 Å². The number of hydrogen-bond donors (Lipinski definition) is 0. The van der Waals surface area contributed by atoms with Crippen LogP contribution in [0.4, 0.5) is 0 Å². The molecule has 1 heterocycles. The van der Waals surface area contributed by atoms with Gasteiger partial charge in [0.1, 0.15) is 5.06 Å². The third-order valence-corrected chi connectivity index (χ3v) is 2.21. The van der Waals surface area contributed by atoms with E-state index < -0.39 is 5.06 Å². The summed E-state index contributed by atoms with van der Waals surface area (Å²) in [6.45, 7) is 4.44. The minimum absolute atomic E-state index is 0. The Labute approximate surface area is 83.9 Å². The first-order chi connectivity index (χ1) is 4.77. The summed E-state index contributed by atoms with van der Waals surface area (Å²) in [7, 11) is 0. The molecule has 1 aliphatic heterocycles. The Morgan fingerprint density at radius 1 is 1.55 bits per heavy atom. The molecule has 0 bridgehead atoms. The summed E-state index contributed by atoms with van der Waals surface area (Å²) in [4.78, 5) is 0. The standard InChI is InChI=1S/C8H13ClO.Al.3H/c1-2-5-8(9)6-3-4-7-10-8;;;;/h2H,1,3-7H2;;;;. The van der Waals surface area contributed by atoms with Gasteiger partial charge in [0.25, 0.3) is 0 Å². The van der Waals surface area contributed by atoms with Gasteiger partial charge in [-0.05, 0) is 19.3 Å². The lowest BCUT2D eigenvalue weighted by molar-refractivity contribution is -0.0145. The fourth-order valence-electron chi connectivity index (χ4n) is 1.19. The third-order valence-electron chi connectivity index (χ3n) is 1.75. The van der Waals surface area contributed by atoms with E-state index in [4.69, 9.17) is 16.3 Å². The summed E-state index contributed by atoms with van der Waals surface area (Å²) in [5, 5.41) is -0.417.